The van der Waals surface area contributed by atoms with Gasteiger partial charge in [-0.2, -0.15) is 0 Å². The zero-order valence-corrected chi connectivity index (χ0v) is 38.1. The van der Waals surface area contributed by atoms with Gasteiger partial charge in [-0.15, -0.1) is 0 Å². The van der Waals surface area contributed by atoms with E-state index in [4.69, 9.17) is 0 Å². The smallest absolute Gasteiger partial charge is 0.0618 e. The topological polar surface area (TPSA) is 3.24 Å². The van der Waals surface area contributed by atoms with Crippen molar-refractivity contribution in [2.45, 2.75) is 0 Å². The van der Waals surface area contributed by atoms with Crippen LogP contribution in [0.2, 0.25) is 0 Å². The molecular formula is C68H47N. The van der Waals surface area contributed by atoms with E-state index in [9.17, 15) is 0 Å². The minimum absolute atomic E-state index is 1.06. The van der Waals surface area contributed by atoms with Gasteiger partial charge in [0.05, 0.1) is 11.4 Å². The lowest BCUT2D eigenvalue weighted by Gasteiger charge is -2.33. The molecule has 0 spiro atoms. The van der Waals surface area contributed by atoms with Gasteiger partial charge >= 0.3 is 0 Å². The molecule has 0 saturated carbocycles. The summed E-state index contributed by atoms with van der Waals surface area (Å²) in [7, 11) is 0. The third-order valence-corrected chi connectivity index (χ3v) is 13.5. The molecule has 12 rings (SSSR count). The Morgan fingerprint density at radius 3 is 1.16 bits per heavy atom. The number of para-hydroxylation sites is 2. The van der Waals surface area contributed by atoms with Crippen molar-refractivity contribution < 1.29 is 0 Å². The van der Waals surface area contributed by atoms with Gasteiger partial charge in [0, 0.05) is 22.4 Å². The second kappa shape index (κ2) is 18.3. The Labute approximate surface area is 404 Å². The molecule has 1 nitrogen and oxygen atoms in total. The zero-order chi connectivity index (χ0) is 45.9. The average Bonchev–Trinajstić information content (AvgIpc) is 3.44. The molecule has 0 atom stereocenters. The maximum absolute atomic E-state index is 2.53. The van der Waals surface area contributed by atoms with Crippen molar-refractivity contribution in [1.82, 2.24) is 0 Å². The fraction of sp³-hybridized carbons (Fsp3) is 0. The summed E-state index contributed by atoms with van der Waals surface area (Å²) in [5, 5.41) is 4.93. The van der Waals surface area contributed by atoms with Gasteiger partial charge in [-0.25, -0.2) is 0 Å². The van der Waals surface area contributed by atoms with E-state index in [2.05, 4.69) is 290 Å². The van der Waals surface area contributed by atoms with Crippen LogP contribution in [0.1, 0.15) is 0 Å². The first-order valence-electron chi connectivity index (χ1n) is 23.8. The number of hydrogen-bond acceptors (Lipinski definition) is 1. The lowest BCUT2D eigenvalue weighted by atomic mass is 9.84. The lowest BCUT2D eigenvalue weighted by Crippen LogP contribution is -2.14. The average molecular weight is 878 g/mol. The molecule has 0 radical (unpaired) electrons. The first-order chi connectivity index (χ1) is 34.3. The fourth-order valence-electron chi connectivity index (χ4n) is 10.4. The van der Waals surface area contributed by atoms with Crippen LogP contribution in [0.25, 0.3) is 99.4 Å². The zero-order valence-electron chi connectivity index (χ0n) is 38.1. The van der Waals surface area contributed by atoms with Crippen molar-refractivity contribution in [3.8, 4) is 77.9 Å². The van der Waals surface area contributed by atoms with Crippen LogP contribution in [0.4, 0.5) is 17.1 Å². The maximum Gasteiger partial charge on any atom is 0.0618 e. The lowest BCUT2D eigenvalue weighted by molar-refractivity contribution is 1.28. The van der Waals surface area contributed by atoms with E-state index in [1.807, 2.05) is 0 Å². The van der Waals surface area contributed by atoms with Crippen LogP contribution in [0.3, 0.4) is 0 Å². The van der Waals surface area contributed by atoms with Crippen LogP contribution in [-0.4, -0.2) is 0 Å². The van der Waals surface area contributed by atoms with Crippen LogP contribution < -0.4 is 4.90 Å². The molecule has 12 aromatic carbocycles. The van der Waals surface area contributed by atoms with E-state index in [0.29, 0.717) is 0 Å². The monoisotopic (exact) mass is 877 g/mol. The summed E-state index contributed by atoms with van der Waals surface area (Å²) >= 11 is 0. The molecule has 0 heterocycles. The predicted molar refractivity (Wildman–Crippen MR) is 294 cm³/mol. The second-order valence-corrected chi connectivity index (χ2v) is 17.5. The van der Waals surface area contributed by atoms with Crippen LogP contribution in [-0.2, 0) is 0 Å². The minimum Gasteiger partial charge on any atom is -0.309 e. The normalized spacial score (nSPS) is 11.2. The van der Waals surface area contributed by atoms with Gasteiger partial charge in [0.25, 0.3) is 0 Å². The van der Waals surface area contributed by atoms with E-state index in [-0.39, 0.29) is 0 Å². The largest absolute Gasteiger partial charge is 0.309 e. The molecule has 0 amide bonds. The van der Waals surface area contributed by atoms with Gasteiger partial charge in [-0.1, -0.05) is 261 Å². The number of anilines is 3. The van der Waals surface area contributed by atoms with Gasteiger partial charge in [0.2, 0.25) is 0 Å². The highest BCUT2D eigenvalue weighted by molar-refractivity contribution is 6.22. The Balaban J connectivity index is 1.18. The predicted octanol–water partition coefficient (Wildman–Crippen LogP) is 19.1. The molecular weight excluding hydrogens is 831 g/mol. The summed E-state index contributed by atoms with van der Waals surface area (Å²) in [6.45, 7) is 0. The van der Waals surface area contributed by atoms with Gasteiger partial charge in [-0.3, -0.25) is 0 Å². The number of rotatable bonds is 10. The molecule has 0 aliphatic carbocycles. The van der Waals surface area contributed by atoms with E-state index in [1.54, 1.807) is 0 Å². The van der Waals surface area contributed by atoms with Gasteiger partial charge in [0.1, 0.15) is 0 Å². The first-order valence-corrected chi connectivity index (χ1v) is 23.8. The second-order valence-electron chi connectivity index (χ2n) is 17.5. The Morgan fingerprint density at radius 1 is 0.203 bits per heavy atom. The Bertz CT molecular complexity index is 3680. The van der Waals surface area contributed by atoms with Crippen LogP contribution in [0.15, 0.2) is 285 Å². The molecule has 0 aromatic heterocycles. The SMILES string of the molecule is c1ccc(-c2ccc(N(c3ccccc3-c3ccc4c(c3)c(-c3ccccc3)c(-c3ccccc3)c3ccccc34)c3c(-c4ccccc4)cccc3-c3ccccc3)cc2-c2ccccc2)cc1. The van der Waals surface area contributed by atoms with Crippen molar-refractivity contribution in [1.29, 1.82) is 0 Å². The maximum atomic E-state index is 2.53. The summed E-state index contributed by atoms with van der Waals surface area (Å²) in [4.78, 5) is 2.53. The third kappa shape index (κ3) is 7.76. The fourth-order valence-corrected chi connectivity index (χ4v) is 10.4. The molecule has 0 aliphatic rings. The highest BCUT2D eigenvalue weighted by Gasteiger charge is 2.26. The van der Waals surface area contributed by atoms with Crippen LogP contribution in [0.5, 0.6) is 0 Å². The highest BCUT2D eigenvalue weighted by Crippen LogP contribution is 2.52. The Morgan fingerprint density at radius 2 is 0.609 bits per heavy atom. The number of hydrogen-bond donors (Lipinski definition) is 0. The summed E-state index contributed by atoms with van der Waals surface area (Å²) in [5.41, 5.74) is 19.6. The molecule has 0 unspecified atom stereocenters. The van der Waals surface area contributed by atoms with Crippen molar-refractivity contribution >= 4 is 38.6 Å². The summed E-state index contributed by atoms with van der Waals surface area (Å²) in [6.07, 6.45) is 0. The molecule has 1 heteroatoms. The first kappa shape index (κ1) is 41.4. The molecule has 12 aromatic rings. The third-order valence-electron chi connectivity index (χ3n) is 13.5. The van der Waals surface area contributed by atoms with Gasteiger partial charge in [-0.05, 0) is 107 Å². The van der Waals surface area contributed by atoms with Crippen molar-refractivity contribution in [3.05, 3.63) is 285 Å². The van der Waals surface area contributed by atoms with Crippen LogP contribution in [0, 0.1) is 0 Å². The summed E-state index contributed by atoms with van der Waals surface area (Å²) < 4.78 is 0. The summed E-state index contributed by atoms with van der Waals surface area (Å²) in [6, 6.07) is 104. The molecule has 324 valence electrons. The number of fused-ring (bicyclic) bond motifs is 3. The van der Waals surface area contributed by atoms with Crippen molar-refractivity contribution in [2.75, 3.05) is 4.90 Å². The van der Waals surface area contributed by atoms with E-state index in [1.165, 1.54) is 60.5 Å². The van der Waals surface area contributed by atoms with Crippen molar-refractivity contribution in [3.63, 3.8) is 0 Å². The van der Waals surface area contributed by atoms with E-state index < -0.39 is 0 Å². The number of benzene rings is 12. The standard InChI is InChI=1S/C68H47N/c1-7-24-48(25-8-1)56-45-43-55(47-63(56)51-30-13-4-14-31-51)69(68-58(49-26-9-2-10-27-49)39-23-40-59(68)50-28-11-3-12-29-50)65-41-22-21-36-57(65)54-42-44-61-60-37-19-20-38-62(60)66(52-32-15-5-16-33-52)67(64(61)46-54)53-34-17-6-18-35-53/h1-47H. The molecule has 0 bridgehead atoms. The van der Waals surface area contributed by atoms with Gasteiger partial charge < -0.3 is 4.90 Å². The Hall–Kier alpha value is -9.04. The number of nitrogens with zero attached hydrogens (tertiary/aromatic N) is 1. The van der Waals surface area contributed by atoms with Gasteiger partial charge in [0.15, 0.2) is 0 Å². The molecule has 0 fully saturated rings. The quantitative estimate of drug-likeness (QED) is 0.124. The summed E-state index contributed by atoms with van der Waals surface area (Å²) in [5.74, 6) is 0. The molecule has 69 heavy (non-hydrogen) atoms. The minimum atomic E-state index is 1.06. The molecule has 0 N–H and O–H groups in total. The Kier molecular flexibility index (Phi) is 11.0. The van der Waals surface area contributed by atoms with Crippen LogP contribution >= 0.6 is 0 Å². The van der Waals surface area contributed by atoms with E-state index >= 15 is 0 Å². The van der Waals surface area contributed by atoms with Crippen molar-refractivity contribution in [2.24, 2.45) is 0 Å². The highest BCUT2D eigenvalue weighted by atomic mass is 15.2. The van der Waals surface area contributed by atoms with E-state index in [0.717, 1.165) is 56.0 Å². The molecule has 0 aliphatic heterocycles. The molecule has 0 saturated heterocycles.